The summed E-state index contributed by atoms with van der Waals surface area (Å²) in [4.78, 5) is 0. The maximum atomic E-state index is 15.4. The average Bonchev–Trinajstić information content (AvgIpc) is 3.06. The quantitative estimate of drug-likeness (QED) is 0.113. The number of benzene rings is 3. The third-order valence-corrected chi connectivity index (χ3v) is 10.2. The van der Waals surface area contributed by atoms with Gasteiger partial charge in [0.25, 0.3) is 0 Å². The summed E-state index contributed by atoms with van der Waals surface area (Å²) in [6.07, 6.45) is 16.2. The third kappa shape index (κ3) is 7.41. The van der Waals surface area contributed by atoms with Crippen LogP contribution in [0.4, 0.5) is 17.6 Å². The highest BCUT2D eigenvalue weighted by atomic mass is 19.2. The normalized spacial score (nSPS) is 22.1. The Morgan fingerprint density at radius 1 is 0.636 bits per heavy atom. The van der Waals surface area contributed by atoms with Gasteiger partial charge in [-0.25, -0.2) is 13.2 Å². The molecule has 0 atom stereocenters. The monoisotopic (exact) mass is 606 g/mol. The molecular formula is C39H46F4O. The fraction of sp³-hybridized carbons (Fsp3) is 0.487. The zero-order valence-corrected chi connectivity index (χ0v) is 26.0. The Labute approximate surface area is 260 Å². The van der Waals surface area contributed by atoms with E-state index in [1.807, 2.05) is 0 Å². The van der Waals surface area contributed by atoms with Crippen LogP contribution < -0.4 is 4.74 Å². The number of hydrogen-bond acceptors (Lipinski definition) is 1. The highest BCUT2D eigenvalue weighted by Gasteiger charge is 2.32. The van der Waals surface area contributed by atoms with Crippen molar-refractivity contribution in [1.82, 2.24) is 0 Å². The summed E-state index contributed by atoms with van der Waals surface area (Å²) in [5.41, 5.74) is 1.66. The summed E-state index contributed by atoms with van der Waals surface area (Å²) in [6.45, 7) is 6.43. The van der Waals surface area contributed by atoms with E-state index in [-0.39, 0.29) is 22.8 Å². The van der Waals surface area contributed by atoms with Crippen LogP contribution in [0.5, 0.6) is 5.75 Å². The minimum atomic E-state index is -1.02. The molecule has 5 heteroatoms. The van der Waals surface area contributed by atoms with E-state index >= 15 is 8.78 Å². The van der Waals surface area contributed by atoms with Crippen LogP contribution in [-0.2, 0) is 0 Å². The van der Waals surface area contributed by atoms with Crippen LogP contribution in [0.15, 0.2) is 61.2 Å². The Morgan fingerprint density at radius 3 is 1.77 bits per heavy atom. The van der Waals surface area contributed by atoms with Crippen LogP contribution in [0.3, 0.4) is 0 Å². The van der Waals surface area contributed by atoms with Gasteiger partial charge in [-0.1, -0.05) is 75.1 Å². The first-order chi connectivity index (χ1) is 21.4. The van der Waals surface area contributed by atoms with Crippen molar-refractivity contribution >= 4 is 0 Å². The molecule has 0 heterocycles. The zero-order chi connectivity index (χ0) is 31.1. The molecule has 2 fully saturated rings. The molecule has 2 aliphatic rings. The van der Waals surface area contributed by atoms with Gasteiger partial charge >= 0.3 is 0 Å². The van der Waals surface area contributed by atoms with E-state index in [0.29, 0.717) is 35.1 Å². The number of hydrogen-bond donors (Lipinski definition) is 0. The zero-order valence-electron chi connectivity index (χ0n) is 26.0. The van der Waals surface area contributed by atoms with Crippen molar-refractivity contribution in [1.29, 1.82) is 0 Å². The summed E-state index contributed by atoms with van der Waals surface area (Å²) in [5.74, 6) is -1.60. The van der Waals surface area contributed by atoms with Crippen molar-refractivity contribution in [2.45, 2.75) is 96.3 Å². The molecule has 44 heavy (non-hydrogen) atoms. The van der Waals surface area contributed by atoms with Gasteiger partial charge in [0.2, 0.25) is 5.82 Å². The van der Waals surface area contributed by atoms with Gasteiger partial charge in [0.1, 0.15) is 0 Å². The lowest BCUT2D eigenvalue weighted by atomic mass is 9.68. The van der Waals surface area contributed by atoms with Gasteiger partial charge in [-0.3, -0.25) is 0 Å². The largest absolute Gasteiger partial charge is 0.490 e. The second kappa shape index (κ2) is 15.3. The molecule has 5 rings (SSSR count). The molecule has 3 aromatic carbocycles. The molecule has 0 saturated heterocycles. The molecule has 2 aliphatic carbocycles. The van der Waals surface area contributed by atoms with Gasteiger partial charge in [0.15, 0.2) is 23.2 Å². The van der Waals surface area contributed by atoms with E-state index in [1.165, 1.54) is 37.8 Å². The predicted molar refractivity (Wildman–Crippen MR) is 172 cm³/mol. The summed E-state index contributed by atoms with van der Waals surface area (Å²) < 4.78 is 66.1. The lowest BCUT2D eigenvalue weighted by molar-refractivity contribution is 0.171. The summed E-state index contributed by atoms with van der Waals surface area (Å²) in [7, 11) is 0. The van der Waals surface area contributed by atoms with Crippen LogP contribution in [0.25, 0.3) is 22.3 Å². The molecule has 0 radical (unpaired) electrons. The van der Waals surface area contributed by atoms with Crippen molar-refractivity contribution in [3.63, 3.8) is 0 Å². The number of allylic oxidation sites excluding steroid dienone is 1. The van der Waals surface area contributed by atoms with Gasteiger partial charge in [-0.05, 0) is 110 Å². The molecule has 0 aliphatic heterocycles. The Hall–Kier alpha value is -3.08. The average molecular weight is 607 g/mol. The number of rotatable bonds is 12. The van der Waals surface area contributed by atoms with Crippen LogP contribution in [0, 0.1) is 41.0 Å². The maximum absolute atomic E-state index is 15.4. The van der Waals surface area contributed by atoms with Gasteiger partial charge in [-0.15, -0.1) is 6.58 Å². The lowest BCUT2D eigenvalue weighted by Crippen LogP contribution is -2.25. The first-order valence-corrected chi connectivity index (χ1v) is 16.7. The van der Waals surface area contributed by atoms with Crippen LogP contribution in [-0.4, -0.2) is 6.61 Å². The fourth-order valence-electron chi connectivity index (χ4n) is 7.44. The smallest absolute Gasteiger partial charge is 0.201 e. The van der Waals surface area contributed by atoms with Crippen molar-refractivity contribution in [3.05, 3.63) is 90.0 Å². The molecule has 0 spiro atoms. The molecule has 0 amide bonds. The standard InChI is InChI=1S/C39H46F4O/c1-3-5-6-7-8-25-44-35-24-23-34(38(42)39(35)43)31-19-17-30(18-20-31)33-22-21-32(36(40)37(33)41)29-15-13-28(14-16-29)27-11-9-26(4-2)10-12-27/h4,17-24,26-29H,2-3,5-16,25H2,1H3. The molecule has 1 nitrogen and oxygen atoms in total. The van der Waals surface area contributed by atoms with E-state index < -0.39 is 23.3 Å². The van der Waals surface area contributed by atoms with Crippen molar-refractivity contribution in [2.24, 2.45) is 17.8 Å². The topological polar surface area (TPSA) is 9.23 Å². The van der Waals surface area contributed by atoms with E-state index in [0.717, 1.165) is 63.7 Å². The van der Waals surface area contributed by atoms with Crippen molar-refractivity contribution in [3.8, 4) is 28.0 Å². The van der Waals surface area contributed by atoms with Crippen molar-refractivity contribution in [2.75, 3.05) is 6.61 Å². The van der Waals surface area contributed by atoms with Gasteiger partial charge in [0, 0.05) is 11.1 Å². The first-order valence-electron chi connectivity index (χ1n) is 16.7. The highest BCUT2D eigenvalue weighted by Crippen LogP contribution is 2.45. The van der Waals surface area contributed by atoms with Gasteiger partial charge in [0.05, 0.1) is 6.61 Å². The SMILES string of the molecule is C=CC1CCC(C2CCC(c3ccc(-c4ccc(-c5ccc(OCCCCCCC)c(F)c5F)cc4)c(F)c3F)CC2)CC1. The number of halogens is 4. The minimum absolute atomic E-state index is 0.0348. The van der Waals surface area contributed by atoms with Crippen LogP contribution in [0.1, 0.15) is 102 Å². The Kier molecular flexibility index (Phi) is 11.2. The highest BCUT2D eigenvalue weighted by molar-refractivity contribution is 5.72. The predicted octanol–water partition coefficient (Wildman–Crippen LogP) is 12.2. The molecule has 0 bridgehead atoms. The molecule has 0 N–H and O–H groups in total. The van der Waals surface area contributed by atoms with Gasteiger partial charge in [-0.2, -0.15) is 4.39 Å². The minimum Gasteiger partial charge on any atom is -0.490 e. The third-order valence-electron chi connectivity index (χ3n) is 10.2. The number of unbranched alkanes of at least 4 members (excludes halogenated alkanes) is 4. The first kappa shape index (κ1) is 32.3. The lowest BCUT2D eigenvalue weighted by Gasteiger charge is -2.37. The summed E-state index contributed by atoms with van der Waals surface area (Å²) in [5, 5.41) is 0. The van der Waals surface area contributed by atoms with Crippen LogP contribution >= 0.6 is 0 Å². The summed E-state index contributed by atoms with van der Waals surface area (Å²) in [6, 6.07) is 12.8. The molecule has 236 valence electrons. The maximum Gasteiger partial charge on any atom is 0.201 e. The second-order valence-corrected chi connectivity index (χ2v) is 12.9. The molecule has 3 aromatic rings. The van der Waals surface area contributed by atoms with Gasteiger partial charge < -0.3 is 4.74 Å². The second-order valence-electron chi connectivity index (χ2n) is 12.9. The van der Waals surface area contributed by atoms with E-state index in [1.54, 1.807) is 36.4 Å². The number of ether oxygens (including phenoxy) is 1. The van der Waals surface area contributed by atoms with Crippen molar-refractivity contribution < 1.29 is 22.3 Å². The molecular weight excluding hydrogens is 560 g/mol. The van der Waals surface area contributed by atoms with E-state index in [4.69, 9.17) is 4.74 Å². The van der Waals surface area contributed by atoms with Crippen LogP contribution in [0.2, 0.25) is 0 Å². The Bertz CT molecular complexity index is 1380. The molecule has 0 aromatic heterocycles. The fourth-order valence-corrected chi connectivity index (χ4v) is 7.44. The molecule has 2 saturated carbocycles. The summed E-state index contributed by atoms with van der Waals surface area (Å²) >= 11 is 0. The molecule has 0 unspecified atom stereocenters. The van der Waals surface area contributed by atoms with E-state index in [2.05, 4.69) is 19.6 Å². The Morgan fingerprint density at radius 2 is 1.18 bits per heavy atom. The van der Waals surface area contributed by atoms with E-state index in [9.17, 15) is 8.78 Å². The Balaban J connectivity index is 1.21.